The molecule has 0 aromatic heterocycles. The number of anilines is 3. The van der Waals surface area contributed by atoms with Crippen molar-refractivity contribution in [2.45, 2.75) is 17.8 Å². The first kappa shape index (κ1) is 36.6. The minimum absolute atomic E-state index is 0.345. The van der Waals surface area contributed by atoms with Crippen LogP contribution in [0.5, 0.6) is 0 Å². The SMILES string of the molecule is CC1(c2ccccc2)c2ccccc2-c2ccc(N(c3ccc4c(c3)C(c3ccccc3)(c3ccccc3)c3ccccc3-4)c3ccc4c5ccccc5c5ccccc5c4c3)cc21. The molecule has 13 rings (SSSR count). The summed E-state index contributed by atoms with van der Waals surface area (Å²) in [5, 5.41) is 7.59. The fourth-order valence-corrected chi connectivity index (χ4v) is 11.8. The zero-order valence-electron chi connectivity index (χ0n) is 35.5. The van der Waals surface area contributed by atoms with Gasteiger partial charge in [0.05, 0.1) is 5.41 Å². The van der Waals surface area contributed by atoms with E-state index in [1.54, 1.807) is 0 Å². The van der Waals surface area contributed by atoms with Crippen molar-refractivity contribution in [3.8, 4) is 22.3 Å². The second-order valence-corrected chi connectivity index (χ2v) is 17.7. The van der Waals surface area contributed by atoms with Crippen molar-refractivity contribution in [1.29, 1.82) is 0 Å². The maximum atomic E-state index is 2.52. The Kier molecular flexibility index (Phi) is 8.02. The number of hydrogen-bond donors (Lipinski definition) is 0. The maximum absolute atomic E-state index is 2.52. The van der Waals surface area contributed by atoms with E-state index in [-0.39, 0.29) is 5.41 Å². The number of rotatable bonds is 6. The molecular weight excluding hydrogens is 771 g/mol. The van der Waals surface area contributed by atoms with Gasteiger partial charge in [0, 0.05) is 22.5 Å². The van der Waals surface area contributed by atoms with Gasteiger partial charge in [0.25, 0.3) is 0 Å². The van der Waals surface area contributed by atoms with E-state index in [2.05, 4.69) is 254 Å². The van der Waals surface area contributed by atoms with Crippen molar-refractivity contribution < 1.29 is 0 Å². The molecule has 0 saturated carbocycles. The molecule has 0 spiro atoms. The second-order valence-electron chi connectivity index (χ2n) is 17.7. The van der Waals surface area contributed by atoms with E-state index in [1.807, 2.05) is 0 Å². The van der Waals surface area contributed by atoms with Crippen LogP contribution in [0.25, 0.3) is 54.6 Å². The minimum Gasteiger partial charge on any atom is -0.310 e. The average molecular weight is 814 g/mol. The molecule has 2 aliphatic rings. The highest BCUT2D eigenvalue weighted by Gasteiger charge is 2.46. The fourth-order valence-electron chi connectivity index (χ4n) is 11.8. The molecule has 11 aromatic rings. The smallest absolute Gasteiger partial charge is 0.0714 e. The van der Waals surface area contributed by atoms with E-state index < -0.39 is 5.41 Å². The van der Waals surface area contributed by atoms with Crippen LogP contribution in [-0.4, -0.2) is 0 Å². The van der Waals surface area contributed by atoms with Gasteiger partial charge in [-0.1, -0.05) is 206 Å². The first-order chi connectivity index (χ1) is 31.6. The minimum atomic E-state index is -0.528. The van der Waals surface area contributed by atoms with Crippen LogP contribution in [0.15, 0.2) is 243 Å². The topological polar surface area (TPSA) is 3.24 Å². The van der Waals surface area contributed by atoms with Gasteiger partial charge in [-0.15, -0.1) is 0 Å². The molecule has 0 amide bonds. The summed E-state index contributed by atoms with van der Waals surface area (Å²) in [6.45, 7) is 2.41. The lowest BCUT2D eigenvalue weighted by molar-refractivity contribution is 0.714. The number of fused-ring (bicyclic) bond motifs is 12. The Morgan fingerprint density at radius 3 is 1.22 bits per heavy atom. The van der Waals surface area contributed by atoms with Gasteiger partial charge in [-0.05, 0) is 137 Å². The normalized spacial score (nSPS) is 15.5. The molecule has 0 bridgehead atoms. The third kappa shape index (κ3) is 5.07. The van der Waals surface area contributed by atoms with Crippen molar-refractivity contribution in [3.63, 3.8) is 0 Å². The lowest BCUT2D eigenvalue weighted by Crippen LogP contribution is -2.28. The second kappa shape index (κ2) is 14.0. The lowest BCUT2D eigenvalue weighted by atomic mass is 9.67. The van der Waals surface area contributed by atoms with E-state index in [1.165, 1.54) is 93.5 Å². The van der Waals surface area contributed by atoms with Gasteiger partial charge in [-0.25, -0.2) is 0 Å². The van der Waals surface area contributed by atoms with Gasteiger partial charge in [-0.2, -0.15) is 0 Å². The Morgan fingerprint density at radius 2 is 0.641 bits per heavy atom. The predicted octanol–water partition coefficient (Wildman–Crippen LogP) is 16.3. The number of benzene rings is 11. The Balaban J connectivity index is 1.11. The van der Waals surface area contributed by atoms with Crippen LogP contribution in [0.2, 0.25) is 0 Å². The molecule has 0 fully saturated rings. The van der Waals surface area contributed by atoms with Crippen molar-refractivity contribution in [2.75, 3.05) is 4.90 Å². The zero-order chi connectivity index (χ0) is 42.4. The van der Waals surface area contributed by atoms with E-state index in [4.69, 9.17) is 0 Å². The summed E-state index contributed by atoms with van der Waals surface area (Å²) < 4.78 is 0. The standard InChI is InChI=1S/C63H43N/c1-62(42-19-5-2-6-20-42)58-31-17-15-29-53(58)55-37-34-46(40-60(55)62)64(45-33-36-52-50-27-12-11-25-48(50)49-26-13-14-28-51(49)57(52)39-45)47-35-38-56-54-30-16-18-32-59(54)63(61(56)41-47,43-21-7-3-8-22-43)44-23-9-4-10-24-44/h2-41H,1H3. The van der Waals surface area contributed by atoms with Crippen LogP contribution >= 0.6 is 0 Å². The van der Waals surface area contributed by atoms with Crippen LogP contribution < -0.4 is 4.90 Å². The largest absolute Gasteiger partial charge is 0.310 e. The predicted molar refractivity (Wildman–Crippen MR) is 268 cm³/mol. The van der Waals surface area contributed by atoms with Gasteiger partial charge in [0.1, 0.15) is 0 Å². The molecule has 11 aromatic carbocycles. The first-order valence-corrected chi connectivity index (χ1v) is 22.4. The van der Waals surface area contributed by atoms with Crippen molar-refractivity contribution in [3.05, 3.63) is 282 Å². The van der Waals surface area contributed by atoms with Gasteiger partial charge in [0.2, 0.25) is 0 Å². The van der Waals surface area contributed by atoms with Gasteiger partial charge in [-0.3, -0.25) is 0 Å². The van der Waals surface area contributed by atoms with Crippen LogP contribution in [-0.2, 0) is 10.8 Å². The fraction of sp³-hybridized carbons (Fsp3) is 0.0476. The van der Waals surface area contributed by atoms with Crippen molar-refractivity contribution >= 4 is 49.4 Å². The lowest BCUT2D eigenvalue weighted by Gasteiger charge is -2.35. The van der Waals surface area contributed by atoms with E-state index in [0.717, 1.165) is 17.1 Å². The number of nitrogens with zero attached hydrogens (tertiary/aromatic N) is 1. The molecule has 0 saturated heterocycles. The Labute approximate surface area is 374 Å². The van der Waals surface area contributed by atoms with E-state index in [9.17, 15) is 0 Å². The van der Waals surface area contributed by atoms with Crippen molar-refractivity contribution in [2.24, 2.45) is 0 Å². The summed E-state index contributed by atoms with van der Waals surface area (Å²) in [5.41, 5.74) is 16.7. The summed E-state index contributed by atoms with van der Waals surface area (Å²) in [5.74, 6) is 0. The molecule has 64 heavy (non-hydrogen) atoms. The summed E-state index contributed by atoms with van der Waals surface area (Å²) in [6.07, 6.45) is 0. The summed E-state index contributed by atoms with van der Waals surface area (Å²) in [6, 6.07) is 90.6. The molecule has 1 heteroatoms. The highest BCUT2D eigenvalue weighted by atomic mass is 15.1. The molecule has 1 unspecified atom stereocenters. The number of hydrogen-bond acceptors (Lipinski definition) is 1. The van der Waals surface area contributed by atoms with Crippen LogP contribution in [0.1, 0.15) is 45.9 Å². The average Bonchev–Trinajstić information content (AvgIpc) is 3.81. The summed E-state index contributed by atoms with van der Waals surface area (Å²) in [4.78, 5) is 2.52. The van der Waals surface area contributed by atoms with Gasteiger partial charge < -0.3 is 4.90 Å². The van der Waals surface area contributed by atoms with Gasteiger partial charge in [0.15, 0.2) is 0 Å². The highest BCUT2D eigenvalue weighted by Crippen LogP contribution is 2.58. The quantitative estimate of drug-likeness (QED) is 0.151. The van der Waals surface area contributed by atoms with Crippen LogP contribution in [0.3, 0.4) is 0 Å². The third-order valence-corrected chi connectivity index (χ3v) is 14.6. The molecular formula is C63H43N. The molecule has 0 heterocycles. The molecule has 2 aliphatic carbocycles. The first-order valence-electron chi connectivity index (χ1n) is 22.4. The molecule has 300 valence electrons. The maximum Gasteiger partial charge on any atom is 0.0714 e. The Hall–Kier alpha value is -8.00. The van der Waals surface area contributed by atoms with E-state index >= 15 is 0 Å². The van der Waals surface area contributed by atoms with Gasteiger partial charge >= 0.3 is 0 Å². The van der Waals surface area contributed by atoms with Crippen LogP contribution in [0.4, 0.5) is 17.1 Å². The Bertz CT molecular complexity index is 3550. The Morgan fingerprint density at radius 1 is 0.266 bits per heavy atom. The monoisotopic (exact) mass is 813 g/mol. The summed E-state index contributed by atoms with van der Waals surface area (Å²) in [7, 11) is 0. The molecule has 1 atom stereocenters. The molecule has 0 aliphatic heterocycles. The molecule has 0 radical (unpaired) electrons. The van der Waals surface area contributed by atoms with Crippen molar-refractivity contribution in [1.82, 2.24) is 0 Å². The molecule has 1 nitrogen and oxygen atoms in total. The highest BCUT2D eigenvalue weighted by molar-refractivity contribution is 6.25. The third-order valence-electron chi connectivity index (χ3n) is 14.6. The molecule has 0 N–H and O–H groups in total. The summed E-state index contributed by atoms with van der Waals surface area (Å²) >= 11 is 0. The van der Waals surface area contributed by atoms with E-state index in [0.29, 0.717) is 0 Å². The van der Waals surface area contributed by atoms with Crippen LogP contribution in [0, 0.1) is 0 Å². The zero-order valence-corrected chi connectivity index (χ0v) is 35.5.